The number of benzene rings is 1. The Kier molecular flexibility index (Phi) is 15.4. The van der Waals surface area contributed by atoms with Crippen molar-refractivity contribution in [3.8, 4) is 0 Å². The van der Waals surface area contributed by atoms with E-state index in [0.29, 0.717) is 19.1 Å². The van der Waals surface area contributed by atoms with E-state index in [-0.39, 0.29) is 35.4 Å². The summed E-state index contributed by atoms with van der Waals surface area (Å²) < 4.78 is 37.2. The third kappa shape index (κ3) is 11.1. The van der Waals surface area contributed by atoms with Gasteiger partial charge in [0.15, 0.2) is 5.96 Å². The Hall–Kier alpha value is -0.950. The van der Waals surface area contributed by atoms with Gasteiger partial charge in [0.2, 0.25) is 10.0 Å². The van der Waals surface area contributed by atoms with Crippen molar-refractivity contribution in [2.75, 3.05) is 47.1 Å². The van der Waals surface area contributed by atoms with Crippen LogP contribution in [0.15, 0.2) is 34.2 Å². The number of hydrogen-bond acceptors (Lipinski definition) is 5. The molecule has 10 heteroatoms. The smallest absolute Gasteiger partial charge is 0.240 e. The maximum atomic E-state index is 12.3. The molecule has 0 fully saturated rings. The lowest BCUT2D eigenvalue weighted by Gasteiger charge is -2.13. The highest BCUT2D eigenvalue weighted by Gasteiger charge is 2.13. The van der Waals surface area contributed by atoms with Gasteiger partial charge in [-0.2, -0.15) is 0 Å². The van der Waals surface area contributed by atoms with Crippen LogP contribution >= 0.6 is 24.0 Å². The molecule has 162 valence electrons. The number of guanidine groups is 1. The van der Waals surface area contributed by atoms with Crippen LogP contribution in [0.3, 0.4) is 0 Å². The van der Waals surface area contributed by atoms with Gasteiger partial charge in [0.05, 0.1) is 11.5 Å². The topological polar surface area (TPSA) is 101 Å². The molecule has 0 aliphatic heterocycles. The zero-order valence-electron chi connectivity index (χ0n) is 16.9. The van der Waals surface area contributed by atoms with Crippen LogP contribution in [-0.2, 0) is 26.0 Å². The highest BCUT2D eigenvalue weighted by Crippen LogP contribution is 2.11. The molecular weight excluding hydrogens is 495 g/mol. The number of nitrogens with one attached hydrogen (secondary N) is 3. The first-order chi connectivity index (χ1) is 13.0. The van der Waals surface area contributed by atoms with Crippen molar-refractivity contribution in [2.24, 2.45) is 4.99 Å². The van der Waals surface area contributed by atoms with Gasteiger partial charge in [0, 0.05) is 47.0 Å². The molecule has 0 aliphatic rings. The van der Waals surface area contributed by atoms with E-state index < -0.39 is 10.0 Å². The summed E-state index contributed by atoms with van der Waals surface area (Å²) in [5.74, 6) is 0.679. The summed E-state index contributed by atoms with van der Waals surface area (Å²) in [6, 6.07) is 6.82. The van der Waals surface area contributed by atoms with Gasteiger partial charge in [-0.25, -0.2) is 13.1 Å². The second kappa shape index (κ2) is 15.9. The fourth-order valence-corrected chi connectivity index (χ4v) is 3.35. The molecule has 0 aromatic heterocycles. The number of hydrogen-bond donors (Lipinski definition) is 3. The molecule has 0 saturated carbocycles. The maximum absolute atomic E-state index is 12.3. The number of rotatable bonds is 13. The first-order valence-electron chi connectivity index (χ1n) is 9.13. The average molecular weight is 528 g/mol. The molecule has 3 N–H and O–H groups in total. The van der Waals surface area contributed by atoms with E-state index in [2.05, 4.69) is 20.3 Å². The number of methoxy groups -OCH3 is 1. The number of halogens is 1. The van der Waals surface area contributed by atoms with Crippen LogP contribution in [0.5, 0.6) is 0 Å². The molecule has 0 radical (unpaired) electrons. The van der Waals surface area contributed by atoms with Crippen LogP contribution in [0, 0.1) is 0 Å². The minimum atomic E-state index is -3.54. The van der Waals surface area contributed by atoms with Crippen molar-refractivity contribution in [3.05, 3.63) is 29.8 Å². The van der Waals surface area contributed by atoms with E-state index in [1.165, 1.54) is 7.11 Å². The van der Waals surface area contributed by atoms with Crippen LogP contribution in [0.25, 0.3) is 0 Å². The molecule has 8 nitrogen and oxygen atoms in total. The van der Waals surface area contributed by atoms with Crippen LogP contribution in [0.2, 0.25) is 0 Å². The van der Waals surface area contributed by atoms with Crippen LogP contribution in [0.4, 0.5) is 0 Å². The number of unbranched alkanes of at least 4 members (excludes halogenated alkanes) is 1. The van der Waals surface area contributed by atoms with Gasteiger partial charge in [-0.15, -0.1) is 24.0 Å². The Balaban J connectivity index is 0.00000729. The van der Waals surface area contributed by atoms with E-state index in [4.69, 9.17) is 9.47 Å². The van der Waals surface area contributed by atoms with Crippen LogP contribution in [-0.4, -0.2) is 61.4 Å². The lowest BCUT2D eigenvalue weighted by Crippen LogP contribution is -2.37. The Morgan fingerprint density at radius 3 is 2.61 bits per heavy atom. The molecule has 1 aromatic rings. The van der Waals surface area contributed by atoms with Crippen molar-refractivity contribution < 1.29 is 17.9 Å². The van der Waals surface area contributed by atoms with Crippen molar-refractivity contribution in [2.45, 2.75) is 31.2 Å². The third-order valence-electron chi connectivity index (χ3n) is 3.70. The van der Waals surface area contributed by atoms with Gasteiger partial charge in [-0.1, -0.05) is 12.1 Å². The van der Waals surface area contributed by atoms with E-state index >= 15 is 0 Å². The van der Waals surface area contributed by atoms with E-state index in [1.54, 1.807) is 25.2 Å². The summed E-state index contributed by atoms with van der Waals surface area (Å²) >= 11 is 0. The summed E-state index contributed by atoms with van der Waals surface area (Å²) in [4.78, 5) is 4.41. The van der Waals surface area contributed by atoms with Gasteiger partial charge < -0.3 is 20.1 Å². The number of ether oxygens (including phenoxy) is 2. The first kappa shape index (κ1) is 27.0. The Morgan fingerprint density at radius 1 is 1.14 bits per heavy atom. The zero-order chi connectivity index (χ0) is 20.0. The Bertz CT molecular complexity index is 671. The second-order valence-electron chi connectivity index (χ2n) is 5.79. The lowest BCUT2D eigenvalue weighted by atomic mass is 10.2. The summed E-state index contributed by atoms with van der Waals surface area (Å²) in [6.07, 6.45) is 1.98. The standard InChI is InChI=1S/C18H32N4O4S.HI/c1-4-26-12-6-5-10-20-18(19-2)21-15-16-8-7-9-17(14-16)27(23,24)22-11-13-25-3;/h7-9,14,22H,4-6,10-13,15H2,1-3H3,(H2,19,20,21);1H. The summed E-state index contributed by atoms with van der Waals surface area (Å²) in [5, 5.41) is 6.43. The molecule has 0 bridgehead atoms. The van der Waals surface area contributed by atoms with Gasteiger partial charge in [0.1, 0.15) is 0 Å². The zero-order valence-corrected chi connectivity index (χ0v) is 20.0. The molecule has 0 saturated heterocycles. The molecule has 28 heavy (non-hydrogen) atoms. The molecule has 0 atom stereocenters. The Morgan fingerprint density at radius 2 is 1.93 bits per heavy atom. The first-order valence-corrected chi connectivity index (χ1v) is 10.6. The van der Waals surface area contributed by atoms with Gasteiger partial charge >= 0.3 is 0 Å². The molecule has 1 rings (SSSR count). The van der Waals surface area contributed by atoms with E-state index in [1.807, 2.05) is 13.0 Å². The number of sulfonamides is 1. The highest BCUT2D eigenvalue weighted by atomic mass is 127. The second-order valence-corrected chi connectivity index (χ2v) is 7.56. The summed E-state index contributed by atoms with van der Waals surface area (Å²) in [7, 11) is -0.307. The van der Waals surface area contributed by atoms with Crippen molar-refractivity contribution >= 4 is 40.0 Å². The van der Waals surface area contributed by atoms with Crippen LogP contribution < -0.4 is 15.4 Å². The van der Waals surface area contributed by atoms with Crippen LogP contribution in [0.1, 0.15) is 25.3 Å². The minimum Gasteiger partial charge on any atom is -0.383 e. The molecule has 1 aromatic carbocycles. The fourth-order valence-electron chi connectivity index (χ4n) is 2.27. The largest absolute Gasteiger partial charge is 0.383 e. The molecule has 0 aliphatic carbocycles. The van der Waals surface area contributed by atoms with Gasteiger partial charge in [-0.05, 0) is 37.5 Å². The lowest BCUT2D eigenvalue weighted by molar-refractivity contribution is 0.143. The molecular formula is C18H33IN4O4S. The SMILES string of the molecule is CCOCCCCNC(=NC)NCc1cccc(S(=O)(=O)NCCOC)c1.I. The highest BCUT2D eigenvalue weighted by molar-refractivity contribution is 14.0. The predicted molar refractivity (Wildman–Crippen MR) is 123 cm³/mol. The summed E-state index contributed by atoms with van der Waals surface area (Å²) in [6.45, 7) is 5.33. The van der Waals surface area contributed by atoms with Crippen molar-refractivity contribution in [1.82, 2.24) is 15.4 Å². The third-order valence-corrected chi connectivity index (χ3v) is 5.16. The Labute approximate surface area is 185 Å². The molecule has 0 spiro atoms. The maximum Gasteiger partial charge on any atom is 0.240 e. The molecule has 0 unspecified atom stereocenters. The normalized spacial score (nSPS) is 11.8. The monoisotopic (exact) mass is 528 g/mol. The van der Waals surface area contributed by atoms with E-state index in [0.717, 1.165) is 38.2 Å². The van der Waals surface area contributed by atoms with Crippen molar-refractivity contribution in [1.29, 1.82) is 0 Å². The molecule has 0 heterocycles. The minimum absolute atomic E-state index is 0. The van der Waals surface area contributed by atoms with Gasteiger partial charge in [-0.3, -0.25) is 4.99 Å². The predicted octanol–water partition coefficient (Wildman–Crippen LogP) is 1.71. The summed E-state index contributed by atoms with van der Waals surface area (Å²) in [5.41, 5.74) is 0.851. The average Bonchev–Trinajstić information content (AvgIpc) is 2.67. The number of aliphatic imine (C=N–C) groups is 1. The van der Waals surface area contributed by atoms with E-state index in [9.17, 15) is 8.42 Å². The fraction of sp³-hybridized carbons (Fsp3) is 0.611. The van der Waals surface area contributed by atoms with Crippen molar-refractivity contribution in [3.63, 3.8) is 0 Å². The molecule has 0 amide bonds. The quantitative estimate of drug-likeness (QED) is 0.156. The van der Waals surface area contributed by atoms with Gasteiger partial charge in [0.25, 0.3) is 0 Å². The number of nitrogens with zero attached hydrogens (tertiary/aromatic N) is 1.